The zero-order valence-electron chi connectivity index (χ0n) is 17.7. The van der Waals surface area contributed by atoms with Gasteiger partial charge in [-0.25, -0.2) is 4.98 Å². The number of hydrogen-bond acceptors (Lipinski definition) is 5. The molecule has 5 aromatic rings. The number of carbonyl (C=O) groups excluding carboxylic acids is 2. The van der Waals surface area contributed by atoms with Crippen molar-refractivity contribution < 1.29 is 14.0 Å². The van der Waals surface area contributed by atoms with E-state index in [0.29, 0.717) is 50.7 Å². The predicted molar refractivity (Wildman–Crippen MR) is 127 cm³/mol. The number of imidazole rings is 1. The van der Waals surface area contributed by atoms with Gasteiger partial charge in [0.2, 0.25) is 0 Å². The number of ketones is 2. The summed E-state index contributed by atoms with van der Waals surface area (Å²) in [4.78, 5) is 33.5. The van der Waals surface area contributed by atoms with Crippen molar-refractivity contribution in [3.8, 4) is 17.4 Å². The zero-order valence-corrected chi connectivity index (χ0v) is 17.7. The molecular weight excluding hydrogens is 426 g/mol. The number of nitrogens with zero attached hydrogens (tertiary/aromatic N) is 2. The van der Waals surface area contributed by atoms with Crippen molar-refractivity contribution in [1.82, 2.24) is 9.97 Å². The van der Waals surface area contributed by atoms with Gasteiger partial charge in [-0.3, -0.25) is 9.59 Å². The first-order valence-electron chi connectivity index (χ1n) is 10.6. The van der Waals surface area contributed by atoms with Crippen molar-refractivity contribution in [1.29, 1.82) is 5.26 Å². The molecule has 6 rings (SSSR count). The molecule has 0 spiro atoms. The predicted octanol–water partition coefficient (Wildman–Crippen LogP) is 5.66. The van der Waals surface area contributed by atoms with Gasteiger partial charge in [-0.1, -0.05) is 42.5 Å². The summed E-state index contributed by atoms with van der Waals surface area (Å²) in [6.07, 6.45) is 1.62. The molecule has 0 bridgehead atoms. The molecule has 160 valence electrons. The second-order valence-corrected chi connectivity index (χ2v) is 7.94. The lowest BCUT2D eigenvalue weighted by molar-refractivity contribution is 0.0979. The third-order valence-corrected chi connectivity index (χ3v) is 5.89. The molecule has 6 heteroatoms. The average molecular weight is 441 g/mol. The number of benzene rings is 3. The van der Waals surface area contributed by atoms with Gasteiger partial charge in [-0.15, -0.1) is 0 Å². The van der Waals surface area contributed by atoms with Crippen LogP contribution in [0.5, 0.6) is 0 Å². The maximum atomic E-state index is 13.0. The molecule has 2 aromatic heterocycles. The Labute approximate surface area is 193 Å². The Kier molecular flexibility index (Phi) is 4.36. The van der Waals surface area contributed by atoms with Crippen LogP contribution in [0.2, 0.25) is 0 Å². The van der Waals surface area contributed by atoms with Crippen LogP contribution in [0.3, 0.4) is 0 Å². The molecule has 0 radical (unpaired) electrons. The van der Waals surface area contributed by atoms with Crippen molar-refractivity contribution in [2.24, 2.45) is 0 Å². The summed E-state index contributed by atoms with van der Waals surface area (Å²) >= 11 is 0. The molecule has 1 aliphatic rings. The third-order valence-electron chi connectivity index (χ3n) is 5.89. The first-order valence-corrected chi connectivity index (χ1v) is 10.6. The van der Waals surface area contributed by atoms with Crippen LogP contribution in [-0.4, -0.2) is 21.5 Å². The number of H-pyrrole nitrogens is 1. The van der Waals surface area contributed by atoms with Crippen LogP contribution >= 0.6 is 0 Å². The lowest BCUT2D eigenvalue weighted by Crippen LogP contribution is -2.20. The van der Waals surface area contributed by atoms with Crippen LogP contribution in [0.4, 0.5) is 0 Å². The van der Waals surface area contributed by atoms with Crippen molar-refractivity contribution in [2.45, 2.75) is 0 Å². The number of nitriles is 1. The van der Waals surface area contributed by atoms with Gasteiger partial charge in [0, 0.05) is 33.9 Å². The number of nitrogens with one attached hydrogen (secondary N) is 1. The van der Waals surface area contributed by atoms with Crippen molar-refractivity contribution in [3.63, 3.8) is 0 Å². The Morgan fingerprint density at radius 2 is 1.56 bits per heavy atom. The van der Waals surface area contributed by atoms with Crippen LogP contribution in [-0.2, 0) is 0 Å². The summed E-state index contributed by atoms with van der Waals surface area (Å²) in [5.74, 6) is 1.10. The number of aromatic nitrogens is 2. The van der Waals surface area contributed by atoms with E-state index in [0.717, 1.165) is 11.0 Å². The molecule has 0 atom stereocenters. The SMILES string of the molecule is N#C/C(=C\c1ccc(-c2ccc3c(c2)C(=O)c2ccccc2C3=O)o1)c1nc2ccccc2[nH]1. The Balaban J connectivity index is 1.35. The number of aromatic amines is 1. The number of fused-ring (bicyclic) bond motifs is 3. The molecule has 0 amide bonds. The van der Waals surface area contributed by atoms with E-state index < -0.39 is 0 Å². The summed E-state index contributed by atoms with van der Waals surface area (Å²) in [7, 11) is 0. The molecule has 0 unspecified atom stereocenters. The van der Waals surface area contributed by atoms with E-state index in [1.165, 1.54) is 0 Å². The molecule has 1 aliphatic carbocycles. The number of rotatable bonds is 3. The van der Waals surface area contributed by atoms with Crippen LogP contribution in [0, 0.1) is 11.3 Å². The van der Waals surface area contributed by atoms with E-state index >= 15 is 0 Å². The lowest BCUT2D eigenvalue weighted by atomic mass is 9.83. The fraction of sp³-hybridized carbons (Fsp3) is 0. The molecular formula is C28H15N3O3. The van der Waals surface area contributed by atoms with E-state index in [1.807, 2.05) is 24.3 Å². The largest absolute Gasteiger partial charge is 0.457 e. The van der Waals surface area contributed by atoms with E-state index in [2.05, 4.69) is 16.0 Å². The summed E-state index contributed by atoms with van der Waals surface area (Å²) in [6, 6.07) is 25.2. The standard InChI is InChI=1S/C28H15N3O3/c29-15-17(28-30-23-7-3-4-8-24(23)31-28)13-18-10-12-25(34-18)16-9-11-21-22(14-16)27(33)20-6-2-1-5-19(20)26(21)32/h1-14H,(H,30,31)/b17-13+. The third kappa shape index (κ3) is 3.07. The van der Waals surface area contributed by atoms with Crippen molar-refractivity contribution in [2.75, 3.05) is 0 Å². The van der Waals surface area contributed by atoms with Crippen LogP contribution in [0.15, 0.2) is 83.3 Å². The number of furan rings is 1. The maximum absolute atomic E-state index is 13.0. The minimum atomic E-state index is -0.185. The fourth-order valence-electron chi connectivity index (χ4n) is 4.21. The zero-order chi connectivity index (χ0) is 23.2. The topological polar surface area (TPSA) is 99.8 Å². The Morgan fingerprint density at radius 3 is 2.32 bits per heavy atom. The van der Waals surface area contributed by atoms with Gasteiger partial charge in [0.1, 0.15) is 23.4 Å². The van der Waals surface area contributed by atoms with E-state index in [9.17, 15) is 14.9 Å². The Hall–Kier alpha value is -5.02. The average Bonchev–Trinajstić information content (AvgIpc) is 3.52. The van der Waals surface area contributed by atoms with Crippen molar-refractivity contribution in [3.05, 3.63) is 113 Å². The normalized spacial score (nSPS) is 13.0. The number of allylic oxidation sites excluding steroid dienone is 1. The van der Waals surface area contributed by atoms with Gasteiger partial charge in [0.15, 0.2) is 11.6 Å². The Morgan fingerprint density at radius 1 is 0.853 bits per heavy atom. The van der Waals surface area contributed by atoms with Gasteiger partial charge < -0.3 is 9.40 Å². The smallest absolute Gasteiger partial charge is 0.194 e. The molecule has 0 fully saturated rings. The number of para-hydroxylation sites is 2. The highest BCUT2D eigenvalue weighted by Gasteiger charge is 2.29. The molecule has 6 nitrogen and oxygen atoms in total. The highest BCUT2D eigenvalue weighted by atomic mass is 16.3. The van der Waals surface area contributed by atoms with Crippen LogP contribution in [0.25, 0.3) is 34.0 Å². The van der Waals surface area contributed by atoms with Crippen molar-refractivity contribution >= 4 is 34.2 Å². The summed E-state index contributed by atoms with van der Waals surface area (Å²) in [6.45, 7) is 0. The Bertz CT molecular complexity index is 1680. The van der Waals surface area contributed by atoms with E-state index in [-0.39, 0.29) is 11.6 Å². The highest BCUT2D eigenvalue weighted by molar-refractivity contribution is 6.28. The number of hydrogen-bond donors (Lipinski definition) is 1. The first-order chi connectivity index (χ1) is 16.6. The number of carbonyl (C=O) groups is 2. The molecule has 0 saturated heterocycles. The molecule has 0 aliphatic heterocycles. The summed E-state index contributed by atoms with van der Waals surface area (Å²) in [5, 5.41) is 9.67. The maximum Gasteiger partial charge on any atom is 0.194 e. The lowest BCUT2D eigenvalue weighted by Gasteiger charge is -2.17. The van der Waals surface area contributed by atoms with Crippen LogP contribution < -0.4 is 0 Å². The van der Waals surface area contributed by atoms with Crippen LogP contribution in [0.1, 0.15) is 43.4 Å². The van der Waals surface area contributed by atoms with Gasteiger partial charge in [0.05, 0.1) is 16.6 Å². The molecule has 2 heterocycles. The summed E-state index contributed by atoms with van der Waals surface area (Å²) in [5.41, 5.74) is 4.19. The second-order valence-electron chi connectivity index (χ2n) is 7.94. The molecule has 3 aromatic carbocycles. The fourth-order valence-corrected chi connectivity index (χ4v) is 4.21. The summed E-state index contributed by atoms with van der Waals surface area (Å²) < 4.78 is 5.95. The van der Waals surface area contributed by atoms with E-state index in [1.54, 1.807) is 60.7 Å². The monoisotopic (exact) mass is 441 g/mol. The van der Waals surface area contributed by atoms with E-state index in [4.69, 9.17) is 4.42 Å². The highest BCUT2D eigenvalue weighted by Crippen LogP contribution is 2.32. The van der Waals surface area contributed by atoms with Gasteiger partial charge in [0.25, 0.3) is 0 Å². The van der Waals surface area contributed by atoms with Gasteiger partial charge in [-0.05, 0) is 36.4 Å². The molecule has 0 saturated carbocycles. The quantitative estimate of drug-likeness (QED) is 0.357. The van der Waals surface area contributed by atoms with Gasteiger partial charge in [-0.2, -0.15) is 5.26 Å². The molecule has 34 heavy (non-hydrogen) atoms. The minimum absolute atomic E-state index is 0.163. The van der Waals surface area contributed by atoms with Gasteiger partial charge >= 0.3 is 0 Å². The minimum Gasteiger partial charge on any atom is -0.457 e. The second kappa shape index (κ2) is 7.54. The first kappa shape index (κ1) is 19.6. The molecule has 1 N–H and O–H groups in total.